The van der Waals surface area contributed by atoms with Gasteiger partial charge in [-0.15, -0.1) is 0 Å². The van der Waals surface area contributed by atoms with Gasteiger partial charge in [-0.3, -0.25) is 9.59 Å². The van der Waals surface area contributed by atoms with Gasteiger partial charge in [0.25, 0.3) is 0 Å². The van der Waals surface area contributed by atoms with Gasteiger partial charge < -0.3 is 15.1 Å². The van der Waals surface area contributed by atoms with Crippen LogP contribution in [-0.2, 0) is 16.1 Å². The van der Waals surface area contributed by atoms with Crippen molar-refractivity contribution in [2.75, 3.05) is 0 Å². The molecular weight excluding hydrogens is 328 g/mol. The molecule has 0 aromatic carbocycles. The van der Waals surface area contributed by atoms with Crippen molar-refractivity contribution in [2.24, 2.45) is 29.1 Å². The molecule has 4 saturated carbocycles. The highest BCUT2D eigenvalue weighted by Gasteiger charge is 2.55. The Labute approximate surface area is 155 Å². The van der Waals surface area contributed by atoms with Crippen molar-refractivity contribution in [2.45, 2.75) is 65.0 Å². The standard InChI is InChI=1S/C21H30N2O3/c1-13(2)18(19(24)22-12-17-4-3-5-26-17)23-20(25)21-9-14-6-15(10-21)8-16(7-14)11-21/h3-5,13-16,18H,6-12H2,1-2H3,(H,22,24)(H,23,25). The minimum Gasteiger partial charge on any atom is -0.467 e. The van der Waals surface area contributed by atoms with Crippen molar-refractivity contribution in [3.05, 3.63) is 24.2 Å². The van der Waals surface area contributed by atoms with E-state index in [1.807, 2.05) is 19.9 Å². The van der Waals surface area contributed by atoms with Gasteiger partial charge in [0.2, 0.25) is 11.8 Å². The molecule has 4 aliphatic carbocycles. The Morgan fingerprint density at radius 3 is 2.27 bits per heavy atom. The summed E-state index contributed by atoms with van der Waals surface area (Å²) < 4.78 is 5.27. The normalized spacial score (nSPS) is 33.3. The van der Waals surface area contributed by atoms with Crippen LogP contribution in [-0.4, -0.2) is 17.9 Å². The zero-order valence-corrected chi connectivity index (χ0v) is 15.8. The summed E-state index contributed by atoms with van der Waals surface area (Å²) in [6.45, 7) is 4.32. The smallest absolute Gasteiger partial charge is 0.243 e. The van der Waals surface area contributed by atoms with Crippen LogP contribution in [0.4, 0.5) is 0 Å². The second-order valence-electron chi connectivity index (χ2n) is 9.19. The Kier molecular flexibility index (Phi) is 4.57. The molecule has 2 N–H and O–H groups in total. The Morgan fingerprint density at radius 2 is 1.77 bits per heavy atom. The number of nitrogens with one attached hydrogen (secondary N) is 2. The van der Waals surface area contributed by atoms with E-state index in [2.05, 4.69) is 10.6 Å². The van der Waals surface area contributed by atoms with Crippen LogP contribution in [0.3, 0.4) is 0 Å². The minimum absolute atomic E-state index is 0.0458. The molecule has 0 aliphatic heterocycles. The molecule has 1 aromatic heterocycles. The first-order chi connectivity index (χ1) is 12.4. The van der Waals surface area contributed by atoms with E-state index in [1.54, 1.807) is 12.3 Å². The first kappa shape index (κ1) is 17.6. The number of amides is 2. The molecule has 142 valence electrons. The lowest BCUT2D eigenvalue weighted by molar-refractivity contribution is -0.149. The molecule has 4 fully saturated rings. The van der Waals surface area contributed by atoms with Crippen LogP contribution in [0.1, 0.15) is 58.1 Å². The highest BCUT2D eigenvalue weighted by atomic mass is 16.3. The molecule has 5 heteroatoms. The molecule has 4 bridgehead atoms. The lowest BCUT2D eigenvalue weighted by atomic mass is 9.49. The predicted molar refractivity (Wildman–Crippen MR) is 97.9 cm³/mol. The summed E-state index contributed by atoms with van der Waals surface area (Å²) in [6.07, 6.45) is 8.57. The Bertz CT molecular complexity index is 630. The third-order valence-corrected chi connectivity index (χ3v) is 6.77. The molecule has 1 heterocycles. The lowest BCUT2D eigenvalue weighted by Gasteiger charge is -2.55. The molecule has 5 nitrogen and oxygen atoms in total. The van der Waals surface area contributed by atoms with E-state index in [9.17, 15) is 9.59 Å². The summed E-state index contributed by atoms with van der Waals surface area (Å²) >= 11 is 0. The first-order valence-corrected chi connectivity index (χ1v) is 10.1. The molecule has 1 atom stereocenters. The van der Waals surface area contributed by atoms with Gasteiger partial charge in [0.05, 0.1) is 12.8 Å². The van der Waals surface area contributed by atoms with Crippen LogP contribution in [0.2, 0.25) is 0 Å². The van der Waals surface area contributed by atoms with E-state index in [4.69, 9.17) is 4.42 Å². The fourth-order valence-corrected chi connectivity index (χ4v) is 5.92. The molecule has 5 rings (SSSR count). The number of carbonyl (C=O) groups excluding carboxylic acids is 2. The summed E-state index contributed by atoms with van der Waals surface area (Å²) in [6, 6.07) is 3.14. The van der Waals surface area contributed by atoms with Crippen LogP contribution < -0.4 is 10.6 Å². The largest absolute Gasteiger partial charge is 0.467 e. The van der Waals surface area contributed by atoms with Crippen molar-refractivity contribution in [1.29, 1.82) is 0 Å². The Hall–Kier alpha value is -1.78. The van der Waals surface area contributed by atoms with Gasteiger partial charge in [0.15, 0.2) is 0 Å². The molecule has 26 heavy (non-hydrogen) atoms. The third-order valence-electron chi connectivity index (χ3n) is 6.77. The van der Waals surface area contributed by atoms with Gasteiger partial charge in [0.1, 0.15) is 11.8 Å². The monoisotopic (exact) mass is 358 g/mol. The molecule has 0 saturated heterocycles. The van der Waals surface area contributed by atoms with Crippen molar-refractivity contribution < 1.29 is 14.0 Å². The third kappa shape index (κ3) is 3.28. The fraction of sp³-hybridized carbons (Fsp3) is 0.714. The van der Waals surface area contributed by atoms with Gasteiger partial charge in [-0.25, -0.2) is 0 Å². The van der Waals surface area contributed by atoms with Crippen LogP contribution >= 0.6 is 0 Å². The minimum atomic E-state index is -0.495. The maximum Gasteiger partial charge on any atom is 0.243 e. The van der Waals surface area contributed by atoms with Crippen molar-refractivity contribution in [3.63, 3.8) is 0 Å². The second kappa shape index (κ2) is 6.75. The lowest BCUT2D eigenvalue weighted by Crippen LogP contribution is -2.58. The van der Waals surface area contributed by atoms with Crippen LogP contribution in [0, 0.1) is 29.1 Å². The molecule has 1 unspecified atom stereocenters. The summed E-state index contributed by atoms with van der Waals surface area (Å²) in [4.78, 5) is 25.9. The van der Waals surface area contributed by atoms with Crippen LogP contribution in [0.5, 0.6) is 0 Å². The SMILES string of the molecule is CC(C)C(NC(=O)C12CC3CC(CC(C3)C1)C2)C(=O)NCc1ccco1. The van der Waals surface area contributed by atoms with E-state index in [0.29, 0.717) is 12.3 Å². The van der Waals surface area contributed by atoms with Crippen molar-refractivity contribution in [1.82, 2.24) is 10.6 Å². The maximum absolute atomic E-state index is 13.2. The average molecular weight is 358 g/mol. The molecule has 2 amide bonds. The van der Waals surface area contributed by atoms with Gasteiger partial charge in [-0.1, -0.05) is 13.8 Å². The number of rotatable bonds is 6. The Balaban J connectivity index is 1.41. The zero-order chi connectivity index (χ0) is 18.3. The predicted octanol–water partition coefficient (Wildman–Crippen LogP) is 3.25. The second-order valence-corrected chi connectivity index (χ2v) is 9.19. The van der Waals surface area contributed by atoms with Crippen molar-refractivity contribution in [3.8, 4) is 0 Å². The number of hydrogen-bond acceptors (Lipinski definition) is 3. The molecule has 0 spiro atoms. The summed E-state index contributed by atoms with van der Waals surface area (Å²) in [5.74, 6) is 2.91. The fourth-order valence-electron chi connectivity index (χ4n) is 5.92. The van der Waals surface area contributed by atoms with E-state index < -0.39 is 6.04 Å². The van der Waals surface area contributed by atoms with Gasteiger partial charge >= 0.3 is 0 Å². The number of furan rings is 1. The summed E-state index contributed by atoms with van der Waals surface area (Å²) in [5, 5.41) is 6.02. The van der Waals surface area contributed by atoms with E-state index >= 15 is 0 Å². The topological polar surface area (TPSA) is 71.3 Å². The highest BCUT2D eigenvalue weighted by Crippen LogP contribution is 2.60. The molecule has 4 aliphatic rings. The van der Waals surface area contributed by atoms with Crippen LogP contribution in [0.25, 0.3) is 0 Å². The van der Waals surface area contributed by atoms with E-state index in [0.717, 1.165) is 37.0 Å². The zero-order valence-electron chi connectivity index (χ0n) is 15.8. The van der Waals surface area contributed by atoms with E-state index in [1.165, 1.54) is 19.3 Å². The molecule has 1 aromatic rings. The number of hydrogen-bond donors (Lipinski definition) is 2. The van der Waals surface area contributed by atoms with Crippen molar-refractivity contribution >= 4 is 11.8 Å². The maximum atomic E-state index is 13.2. The van der Waals surface area contributed by atoms with Gasteiger partial charge in [0, 0.05) is 5.41 Å². The summed E-state index contributed by atoms with van der Waals surface area (Å²) in [5.41, 5.74) is -0.219. The highest BCUT2D eigenvalue weighted by molar-refractivity contribution is 5.90. The van der Waals surface area contributed by atoms with Crippen LogP contribution in [0.15, 0.2) is 22.8 Å². The number of carbonyl (C=O) groups is 2. The molecular formula is C21H30N2O3. The summed E-state index contributed by atoms with van der Waals surface area (Å²) in [7, 11) is 0. The van der Waals surface area contributed by atoms with Gasteiger partial charge in [-0.2, -0.15) is 0 Å². The quantitative estimate of drug-likeness (QED) is 0.820. The van der Waals surface area contributed by atoms with E-state index in [-0.39, 0.29) is 23.1 Å². The average Bonchev–Trinajstić information content (AvgIpc) is 3.09. The molecule has 0 radical (unpaired) electrons. The van der Waals surface area contributed by atoms with Gasteiger partial charge in [-0.05, 0) is 74.3 Å². The Morgan fingerprint density at radius 1 is 1.15 bits per heavy atom. The first-order valence-electron chi connectivity index (χ1n) is 10.1.